The lowest BCUT2D eigenvalue weighted by Gasteiger charge is -2.02. The van der Waals surface area contributed by atoms with Crippen molar-refractivity contribution >= 4 is 45.1 Å². The Kier molecular flexibility index (Phi) is 2.57. The second-order valence-electron chi connectivity index (χ2n) is 2.70. The Bertz CT molecular complexity index is 516. The van der Waals surface area contributed by atoms with E-state index in [1.807, 2.05) is 22.6 Å². The predicted octanol–water partition coefficient (Wildman–Crippen LogP) is 3.77. The lowest BCUT2D eigenvalue weighted by molar-refractivity contribution is 0.590. The molecule has 2 rings (SSSR count). The molecule has 1 aromatic carbocycles. The molecule has 0 spiro atoms. The van der Waals surface area contributed by atoms with Crippen molar-refractivity contribution < 1.29 is 8.78 Å². The average molecular weight is 325 g/mol. The summed E-state index contributed by atoms with van der Waals surface area (Å²) < 4.78 is 26.7. The summed E-state index contributed by atoms with van der Waals surface area (Å²) in [6.45, 7) is 0. The molecule has 0 saturated carbocycles. The van der Waals surface area contributed by atoms with Crippen LogP contribution in [0, 0.1) is 15.2 Å². The van der Waals surface area contributed by atoms with E-state index in [0.29, 0.717) is 14.0 Å². The number of rotatable bonds is 0. The highest BCUT2D eigenvalue weighted by Gasteiger charge is 2.10. The predicted molar refractivity (Wildman–Crippen MR) is 59.4 cm³/mol. The first kappa shape index (κ1) is 10.0. The highest BCUT2D eigenvalue weighted by Crippen LogP contribution is 2.28. The van der Waals surface area contributed by atoms with Gasteiger partial charge in [0.15, 0.2) is 5.82 Å². The Morgan fingerprint density at radius 3 is 2.71 bits per heavy atom. The summed E-state index contributed by atoms with van der Waals surface area (Å²) in [5.41, 5.74) is 0.0943. The van der Waals surface area contributed by atoms with E-state index >= 15 is 0 Å². The molecule has 0 aliphatic carbocycles. The normalized spacial score (nSPS) is 10.9. The van der Waals surface area contributed by atoms with Gasteiger partial charge in [0.05, 0.1) is 8.59 Å². The van der Waals surface area contributed by atoms with Crippen LogP contribution < -0.4 is 0 Å². The van der Waals surface area contributed by atoms with Gasteiger partial charge in [-0.25, -0.2) is 8.78 Å². The van der Waals surface area contributed by atoms with Crippen LogP contribution in [0.25, 0.3) is 10.9 Å². The van der Waals surface area contributed by atoms with Crippen LogP contribution in [0.1, 0.15) is 0 Å². The second kappa shape index (κ2) is 3.58. The summed E-state index contributed by atoms with van der Waals surface area (Å²) in [7, 11) is 0. The van der Waals surface area contributed by atoms with Crippen molar-refractivity contribution in [3.8, 4) is 0 Å². The molecule has 1 nitrogen and oxygen atoms in total. The number of halogens is 4. The SMILES string of the molecule is Fc1cc(F)c2ncc(I)c(Cl)c2c1. The van der Waals surface area contributed by atoms with Crippen molar-refractivity contribution in [2.24, 2.45) is 0 Å². The number of hydrogen-bond acceptors (Lipinski definition) is 1. The smallest absolute Gasteiger partial charge is 0.152 e. The minimum Gasteiger partial charge on any atom is -0.252 e. The van der Waals surface area contributed by atoms with Gasteiger partial charge in [0, 0.05) is 17.6 Å². The van der Waals surface area contributed by atoms with Gasteiger partial charge in [-0.3, -0.25) is 4.98 Å². The fourth-order valence-electron chi connectivity index (χ4n) is 1.17. The van der Waals surface area contributed by atoms with Crippen LogP contribution in [0.3, 0.4) is 0 Å². The number of fused-ring (bicyclic) bond motifs is 1. The van der Waals surface area contributed by atoms with E-state index in [2.05, 4.69) is 4.98 Å². The quantitative estimate of drug-likeness (QED) is 0.672. The molecule has 0 amide bonds. The van der Waals surface area contributed by atoms with Gasteiger partial charge in [-0.1, -0.05) is 11.6 Å². The molecule has 0 aliphatic heterocycles. The molecule has 1 heterocycles. The highest BCUT2D eigenvalue weighted by molar-refractivity contribution is 14.1. The van der Waals surface area contributed by atoms with E-state index in [4.69, 9.17) is 11.6 Å². The van der Waals surface area contributed by atoms with Gasteiger partial charge in [0.1, 0.15) is 11.3 Å². The molecule has 0 bridgehead atoms. The lowest BCUT2D eigenvalue weighted by Crippen LogP contribution is -1.89. The second-order valence-corrected chi connectivity index (χ2v) is 4.24. The standard InChI is InChI=1S/C9H3ClF2IN/c10-8-5-1-4(11)2-6(12)9(5)14-3-7(8)13/h1-3H. The van der Waals surface area contributed by atoms with Gasteiger partial charge in [0.25, 0.3) is 0 Å². The minimum atomic E-state index is -0.696. The third kappa shape index (κ3) is 1.56. The van der Waals surface area contributed by atoms with E-state index in [0.717, 1.165) is 6.07 Å². The van der Waals surface area contributed by atoms with Crippen LogP contribution >= 0.6 is 34.2 Å². The number of nitrogens with zero attached hydrogens (tertiary/aromatic N) is 1. The van der Waals surface area contributed by atoms with E-state index in [1.54, 1.807) is 0 Å². The average Bonchev–Trinajstić information content (AvgIpc) is 2.12. The van der Waals surface area contributed by atoms with E-state index in [9.17, 15) is 8.78 Å². The zero-order valence-corrected chi connectivity index (χ0v) is 9.60. The first-order valence-corrected chi connectivity index (χ1v) is 5.14. The molecular formula is C9H3ClF2IN. The highest BCUT2D eigenvalue weighted by atomic mass is 127. The van der Waals surface area contributed by atoms with E-state index in [1.165, 1.54) is 12.3 Å². The van der Waals surface area contributed by atoms with Crippen LogP contribution in [0.15, 0.2) is 18.3 Å². The van der Waals surface area contributed by atoms with Crippen molar-refractivity contribution in [2.45, 2.75) is 0 Å². The summed E-state index contributed by atoms with van der Waals surface area (Å²) in [5, 5.41) is 0.630. The van der Waals surface area contributed by atoms with Gasteiger partial charge in [0.2, 0.25) is 0 Å². The molecule has 2 aromatic rings. The molecule has 1 aromatic heterocycles. The first-order valence-electron chi connectivity index (χ1n) is 3.68. The Labute approximate surface area is 97.2 Å². The van der Waals surface area contributed by atoms with Crippen molar-refractivity contribution in [3.05, 3.63) is 38.6 Å². The molecule has 0 atom stereocenters. The van der Waals surface area contributed by atoms with E-state index < -0.39 is 11.6 Å². The number of pyridine rings is 1. The molecule has 0 saturated heterocycles. The maximum Gasteiger partial charge on any atom is 0.152 e. The summed E-state index contributed by atoms with van der Waals surface area (Å²) in [6, 6.07) is 1.97. The summed E-state index contributed by atoms with van der Waals surface area (Å²) >= 11 is 7.85. The number of benzene rings is 1. The fourth-order valence-corrected chi connectivity index (χ4v) is 1.79. The minimum absolute atomic E-state index is 0.0943. The third-order valence-electron chi connectivity index (χ3n) is 1.78. The van der Waals surface area contributed by atoms with Gasteiger partial charge in [-0.15, -0.1) is 0 Å². The molecule has 0 N–H and O–H groups in total. The molecule has 0 fully saturated rings. The molecule has 0 radical (unpaired) electrons. The lowest BCUT2D eigenvalue weighted by atomic mass is 10.2. The molecule has 5 heteroatoms. The van der Waals surface area contributed by atoms with Gasteiger partial charge < -0.3 is 0 Å². The van der Waals surface area contributed by atoms with E-state index in [-0.39, 0.29) is 5.52 Å². The van der Waals surface area contributed by atoms with Crippen molar-refractivity contribution in [2.75, 3.05) is 0 Å². The Balaban J connectivity index is 2.95. The van der Waals surface area contributed by atoms with Gasteiger partial charge in [-0.2, -0.15) is 0 Å². The molecule has 0 unspecified atom stereocenters. The van der Waals surface area contributed by atoms with Gasteiger partial charge >= 0.3 is 0 Å². The number of aromatic nitrogens is 1. The van der Waals surface area contributed by atoms with Crippen LogP contribution in [-0.2, 0) is 0 Å². The topological polar surface area (TPSA) is 12.9 Å². The van der Waals surface area contributed by atoms with Crippen molar-refractivity contribution in [1.29, 1.82) is 0 Å². The van der Waals surface area contributed by atoms with Crippen LogP contribution in [0.5, 0.6) is 0 Å². The summed E-state index contributed by atoms with van der Waals surface area (Å²) in [4.78, 5) is 3.85. The Hall–Kier alpha value is -0.490. The Morgan fingerprint density at radius 1 is 1.29 bits per heavy atom. The summed E-state index contributed by atoms with van der Waals surface area (Å²) in [5.74, 6) is -1.35. The molecular weight excluding hydrogens is 322 g/mol. The monoisotopic (exact) mass is 325 g/mol. The third-order valence-corrected chi connectivity index (χ3v) is 3.33. The van der Waals surface area contributed by atoms with Gasteiger partial charge in [-0.05, 0) is 28.7 Å². The zero-order chi connectivity index (χ0) is 10.3. The van der Waals surface area contributed by atoms with Crippen LogP contribution in [0.2, 0.25) is 5.02 Å². The largest absolute Gasteiger partial charge is 0.252 e. The molecule has 0 aliphatic rings. The van der Waals surface area contributed by atoms with Crippen molar-refractivity contribution in [3.63, 3.8) is 0 Å². The zero-order valence-electron chi connectivity index (χ0n) is 6.69. The maximum atomic E-state index is 13.2. The van der Waals surface area contributed by atoms with Crippen LogP contribution in [-0.4, -0.2) is 4.98 Å². The number of hydrogen-bond donors (Lipinski definition) is 0. The van der Waals surface area contributed by atoms with Crippen molar-refractivity contribution in [1.82, 2.24) is 4.98 Å². The maximum absolute atomic E-state index is 13.2. The summed E-state index contributed by atoms with van der Waals surface area (Å²) in [6.07, 6.45) is 1.45. The fraction of sp³-hybridized carbons (Fsp3) is 0. The first-order chi connectivity index (χ1) is 6.59. The molecule has 14 heavy (non-hydrogen) atoms. The molecule has 72 valence electrons. The Morgan fingerprint density at radius 2 is 2.00 bits per heavy atom. The van der Waals surface area contributed by atoms with Crippen LogP contribution in [0.4, 0.5) is 8.78 Å².